The van der Waals surface area contributed by atoms with Crippen molar-refractivity contribution in [3.63, 3.8) is 0 Å². The Kier molecular flexibility index (Phi) is 3.06. The second-order valence-electron chi connectivity index (χ2n) is 2.29. The molecule has 0 aliphatic carbocycles. The first-order valence-electron chi connectivity index (χ1n) is 3.16. The summed E-state index contributed by atoms with van der Waals surface area (Å²) in [6.07, 6.45) is 0. The van der Waals surface area contributed by atoms with Crippen molar-refractivity contribution in [3.8, 4) is 0 Å². The van der Waals surface area contributed by atoms with Crippen LogP contribution in [0.4, 0.5) is 0 Å². The van der Waals surface area contributed by atoms with Crippen LogP contribution in [0.25, 0.3) is 0 Å². The number of rotatable bonds is 1. The molecule has 0 saturated carbocycles. The van der Waals surface area contributed by atoms with Crippen molar-refractivity contribution >= 4 is 34.8 Å². The molecule has 1 aromatic rings. The molecule has 0 aliphatic rings. The molecule has 1 rings (SSSR count). The summed E-state index contributed by atoms with van der Waals surface area (Å²) >= 11 is 17.4. The number of hydrogen-bond acceptors (Lipinski definition) is 0. The van der Waals surface area contributed by atoms with Crippen LogP contribution >= 0.6 is 34.8 Å². The van der Waals surface area contributed by atoms with E-state index in [1.165, 1.54) is 0 Å². The van der Waals surface area contributed by atoms with Gasteiger partial charge in [-0.15, -0.1) is 11.6 Å². The van der Waals surface area contributed by atoms with E-state index in [4.69, 9.17) is 34.8 Å². The van der Waals surface area contributed by atoms with Crippen LogP contribution in [-0.2, 0) is 5.88 Å². The van der Waals surface area contributed by atoms with Crippen molar-refractivity contribution in [3.05, 3.63) is 33.3 Å². The van der Waals surface area contributed by atoms with Gasteiger partial charge in [0.05, 0.1) is 5.88 Å². The third-order valence-electron chi connectivity index (χ3n) is 1.51. The van der Waals surface area contributed by atoms with Gasteiger partial charge in [-0.3, -0.25) is 0 Å². The van der Waals surface area contributed by atoms with Gasteiger partial charge in [-0.25, -0.2) is 0 Å². The molecule has 1 aromatic carbocycles. The molecule has 0 heterocycles. The maximum absolute atomic E-state index is 5.93. The average molecular weight is 210 g/mol. The molecule has 0 nitrogen and oxygen atoms in total. The molecule has 0 amide bonds. The zero-order valence-corrected chi connectivity index (χ0v) is 8.26. The minimum Gasteiger partial charge on any atom is -0.121 e. The predicted octanol–water partition coefficient (Wildman–Crippen LogP) is 4.04. The lowest BCUT2D eigenvalue weighted by molar-refractivity contribution is 1.35. The van der Waals surface area contributed by atoms with Gasteiger partial charge >= 0.3 is 0 Å². The predicted molar refractivity (Wildman–Crippen MR) is 50.8 cm³/mol. The van der Waals surface area contributed by atoms with Crippen molar-refractivity contribution in [1.82, 2.24) is 0 Å². The van der Waals surface area contributed by atoms with Gasteiger partial charge in [0.25, 0.3) is 0 Å². The fourth-order valence-corrected chi connectivity index (χ4v) is 1.76. The van der Waals surface area contributed by atoms with E-state index in [2.05, 4.69) is 0 Å². The highest BCUT2D eigenvalue weighted by Crippen LogP contribution is 2.28. The Morgan fingerprint density at radius 3 is 2.36 bits per heavy atom. The standard InChI is InChI=1S/C8H7Cl3/c1-5-2-3-7(10)6(4-9)8(5)11/h2-3H,4H2,1H3. The van der Waals surface area contributed by atoms with Crippen LogP contribution in [0.3, 0.4) is 0 Å². The summed E-state index contributed by atoms with van der Waals surface area (Å²) in [4.78, 5) is 0. The van der Waals surface area contributed by atoms with Crippen molar-refractivity contribution < 1.29 is 0 Å². The summed E-state index contributed by atoms with van der Waals surface area (Å²) in [6.45, 7) is 1.93. The van der Waals surface area contributed by atoms with Crippen LogP contribution in [0.5, 0.6) is 0 Å². The van der Waals surface area contributed by atoms with Gasteiger partial charge in [-0.1, -0.05) is 29.3 Å². The summed E-state index contributed by atoms with van der Waals surface area (Å²) < 4.78 is 0. The van der Waals surface area contributed by atoms with Crippen LogP contribution in [0.2, 0.25) is 10.0 Å². The van der Waals surface area contributed by atoms with Crippen LogP contribution in [0.1, 0.15) is 11.1 Å². The summed E-state index contributed by atoms with van der Waals surface area (Å²) in [6, 6.07) is 3.68. The number of alkyl halides is 1. The lowest BCUT2D eigenvalue weighted by Crippen LogP contribution is -1.85. The van der Waals surface area contributed by atoms with E-state index in [0.717, 1.165) is 11.1 Å². The molecule has 11 heavy (non-hydrogen) atoms. The van der Waals surface area contributed by atoms with Crippen molar-refractivity contribution in [2.75, 3.05) is 0 Å². The Balaban J connectivity index is 3.29. The van der Waals surface area contributed by atoms with Gasteiger partial charge in [0, 0.05) is 15.6 Å². The Morgan fingerprint density at radius 1 is 1.27 bits per heavy atom. The molecular formula is C8H7Cl3. The highest BCUT2D eigenvalue weighted by atomic mass is 35.5. The van der Waals surface area contributed by atoms with Gasteiger partial charge < -0.3 is 0 Å². The van der Waals surface area contributed by atoms with E-state index >= 15 is 0 Å². The van der Waals surface area contributed by atoms with Gasteiger partial charge in [0.15, 0.2) is 0 Å². The molecule has 0 aliphatic heterocycles. The van der Waals surface area contributed by atoms with Crippen LogP contribution in [-0.4, -0.2) is 0 Å². The smallest absolute Gasteiger partial charge is 0.0503 e. The Bertz CT molecular complexity index is 268. The van der Waals surface area contributed by atoms with Gasteiger partial charge in [0.2, 0.25) is 0 Å². The Hall–Kier alpha value is 0.0900. The highest BCUT2D eigenvalue weighted by Gasteiger charge is 2.05. The van der Waals surface area contributed by atoms with E-state index in [1.54, 1.807) is 6.07 Å². The largest absolute Gasteiger partial charge is 0.121 e. The van der Waals surface area contributed by atoms with Gasteiger partial charge in [0.1, 0.15) is 0 Å². The summed E-state index contributed by atoms with van der Waals surface area (Å²) in [5.41, 5.74) is 1.82. The van der Waals surface area contributed by atoms with Crippen LogP contribution in [0, 0.1) is 6.92 Å². The summed E-state index contributed by atoms with van der Waals surface area (Å²) in [7, 11) is 0. The molecule has 0 radical (unpaired) electrons. The quantitative estimate of drug-likeness (QED) is 0.613. The number of hydrogen-bond donors (Lipinski definition) is 0. The maximum Gasteiger partial charge on any atom is 0.0503 e. The first-order valence-corrected chi connectivity index (χ1v) is 4.45. The molecule has 3 heteroatoms. The van der Waals surface area contributed by atoms with Crippen LogP contribution in [0.15, 0.2) is 12.1 Å². The zero-order valence-electron chi connectivity index (χ0n) is 6.00. The normalized spacial score (nSPS) is 10.2. The summed E-state index contributed by atoms with van der Waals surface area (Å²) in [5.74, 6) is 0.360. The van der Waals surface area contributed by atoms with Crippen molar-refractivity contribution in [1.29, 1.82) is 0 Å². The first-order chi connectivity index (χ1) is 5.16. The third kappa shape index (κ3) is 1.81. The Labute approximate surface area is 81.1 Å². The summed E-state index contributed by atoms with van der Waals surface area (Å²) in [5, 5.41) is 1.31. The molecule has 0 atom stereocenters. The zero-order chi connectivity index (χ0) is 8.43. The number of benzene rings is 1. The maximum atomic E-state index is 5.93. The molecule has 0 spiro atoms. The molecule has 0 saturated heterocycles. The fourth-order valence-electron chi connectivity index (χ4n) is 0.837. The highest BCUT2D eigenvalue weighted by molar-refractivity contribution is 6.37. The van der Waals surface area contributed by atoms with E-state index in [1.807, 2.05) is 13.0 Å². The molecule has 0 fully saturated rings. The van der Waals surface area contributed by atoms with Crippen molar-refractivity contribution in [2.24, 2.45) is 0 Å². The van der Waals surface area contributed by atoms with Gasteiger partial charge in [-0.05, 0) is 18.6 Å². The van der Waals surface area contributed by atoms with E-state index in [0.29, 0.717) is 15.9 Å². The lowest BCUT2D eigenvalue weighted by atomic mass is 10.1. The lowest BCUT2D eigenvalue weighted by Gasteiger charge is -2.04. The topological polar surface area (TPSA) is 0 Å². The van der Waals surface area contributed by atoms with Crippen molar-refractivity contribution in [2.45, 2.75) is 12.8 Å². The molecule has 60 valence electrons. The van der Waals surface area contributed by atoms with E-state index < -0.39 is 0 Å². The monoisotopic (exact) mass is 208 g/mol. The molecule has 0 aromatic heterocycles. The minimum absolute atomic E-state index is 0.360. The van der Waals surface area contributed by atoms with E-state index in [-0.39, 0.29) is 0 Å². The minimum atomic E-state index is 0.360. The fraction of sp³-hybridized carbons (Fsp3) is 0.250. The molecule has 0 unspecified atom stereocenters. The average Bonchev–Trinajstić information content (AvgIpc) is 1.99. The number of aryl methyl sites for hydroxylation is 1. The number of halogens is 3. The molecular weight excluding hydrogens is 202 g/mol. The SMILES string of the molecule is Cc1ccc(Cl)c(CCl)c1Cl. The van der Waals surface area contributed by atoms with E-state index in [9.17, 15) is 0 Å². The second-order valence-corrected chi connectivity index (χ2v) is 3.34. The second kappa shape index (κ2) is 3.66. The first kappa shape index (κ1) is 9.18. The van der Waals surface area contributed by atoms with Gasteiger partial charge in [-0.2, -0.15) is 0 Å². The Morgan fingerprint density at radius 2 is 1.91 bits per heavy atom. The molecule has 0 bridgehead atoms. The van der Waals surface area contributed by atoms with Crippen LogP contribution < -0.4 is 0 Å². The molecule has 0 N–H and O–H groups in total. The third-order valence-corrected chi connectivity index (χ3v) is 2.66.